The molecule has 3 aromatic rings. The van der Waals surface area contributed by atoms with E-state index in [0.29, 0.717) is 35.6 Å². The molecule has 1 fully saturated rings. The molecule has 176 valence electrons. The normalized spacial score (nSPS) is 15.0. The van der Waals surface area contributed by atoms with Gasteiger partial charge in [0.05, 0.1) is 10.6 Å². The number of ether oxygens (including phenoxy) is 1. The number of ketones is 1. The molecule has 0 aliphatic carbocycles. The molecular formula is C26H26N2O5S. The molecule has 0 saturated carbocycles. The average Bonchev–Trinajstić information content (AvgIpc) is 2.86. The maximum atomic E-state index is 13.0. The lowest BCUT2D eigenvalue weighted by Gasteiger charge is -2.30. The smallest absolute Gasteiger partial charge is 0.243 e. The molecule has 1 saturated heterocycles. The molecule has 0 atom stereocenters. The van der Waals surface area contributed by atoms with Gasteiger partial charge in [0.15, 0.2) is 11.5 Å². The summed E-state index contributed by atoms with van der Waals surface area (Å²) in [5.41, 5.74) is 0.916. The lowest BCUT2D eigenvalue weighted by molar-refractivity contribution is -0.120. The monoisotopic (exact) mass is 478 g/mol. The number of sulfonamides is 1. The van der Waals surface area contributed by atoms with Crippen molar-refractivity contribution in [2.45, 2.75) is 24.7 Å². The Morgan fingerprint density at radius 1 is 0.912 bits per heavy atom. The fraction of sp³-hybridized carbons (Fsp3) is 0.231. The van der Waals surface area contributed by atoms with Crippen LogP contribution in [0.3, 0.4) is 0 Å². The molecule has 0 aromatic heterocycles. The van der Waals surface area contributed by atoms with E-state index in [1.807, 2.05) is 42.5 Å². The largest absolute Gasteiger partial charge is 0.455 e. The van der Waals surface area contributed by atoms with Crippen molar-refractivity contribution in [2.24, 2.45) is 5.92 Å². The van der Waals surface area contributed by atoms with E-state index in [2.05, 4.69) is 5.32 Å². The number of nitrogens with one attached hydrogen (secondary N) is 1. The van der Waals surface area contributed by atoms with Crippen LogP contribution in [0.25, 0.3) is 0 Å². The van der Waals surface area contributed by atoms with Crippen LogP contribution in [-0.4, -0.2) is 37.5 Å². The fourth-order valence-corrected chi connectivity index (χ4v) is 5.41. The highest BCUT2D eigenvalue weighted by Crippen LogP contribution is 2.31. The number of hydrogen-bond donors (Lipinski definition) is 1. The summed E-state index contributed by atoms with van der Waals surface area (Å²) >= 11 is 0. The zero-order valence-electron chi connectivity index (χ0n) is 18.8. The van der Waals surface area contributed by atoms with Crippen molar-refractivity contribution >= 4 is 27.4 Å². The number of Topliss-reactive ketones (excluding diaryl/α,β-unsaturated/α-hetero) is 1. The molecular weight excluding hydrogens is 452 g/mol. The van der Waals surface area contributed by atoms with Crippen LogP contribution in [0.4, 0.5) is 5.69 Å². The Labute approximate surface area is 199 Å². The maximum Gasteiger partial charge on any atom is 0.243 e. The molecule has 1 N–H and O–H groups in total. The predicted octanol–water partition coefficient (Wildman–Crippen LogP) is 4.72. The quantitative estimate of drug-likeness (QED) is 0.496. The summed E-state index contributed by atoms with van der Waals surface area (Å²) in [5.74, 6) is 0.521. The topological polar surface area (TPSA) is 92.8 Å². The van der Waals surface area contributed by atoms with Gasteiger partial charge < -0.3 is 10.1 Å². The number of nitrogens with zero attached hydrogens (tertiary/aromatic N) is 1. The minimum atomic E-state index is -3.74. The Bertz CT molecular complexity index is 1280. The van der Waals surface area contributed by atoms with Crippen molar-refractivity contribution in [3.05, 3.63) is 84.4 Å². The maximum absolute atomic E-state index is 13.0. The number of anilines is 1. The molecule has 0 radical (unpaired) electrons. The van der Waals surface area contributed by atoms with Crippen molar-refractivity contribution in [3.8, 4) is 11.5 Å². The molecule has 0 bridgehead atoms. The fourth-order valence-electron chi connectivity index (χ4n) is 3.89. The second kappa shape index (κ2) is 10.2. The Hall–Kier alpha value is -3.49. The summed E-state index contributed by atoms with van der Waals surface area (Å²) in [6.45, 7) is 1.86. The van der Waals surface area contributed by atoms with Crippen molar-refractivity contribution in [1.82, 2.24) is 4.31 Å². The number of piperidine rings is 1. The first kappa shape index (κ1) is 23.7. The summed E-state index contributed by atoms with van der Waals surface area (Å²) in [5, 5.41) is 2.94. The molecule has 34 heavy (non-hydrogen) atoms. The van der Waals surface area contributed by atoms with E-state index >= 15 is 0 Å². The predicted molar refractivity (Wildman–Crippen MR) is 130 cm³/mol. The van der Waals surface area contributed by atoms with Gasteiger partial charge >= 0.3 is 0 Å². The molecule has 0 spiro atoms. The number of hydrogen-bond acceptors (Lipinski definition) is 5. The van der Waals surface area contributed by atoms with Crippen LogP contribution in [0.5, 0.6) is 11.5 Å². The molecule has 0 unspecified atom stereocenters. The molecule has 3 aromatic carbocycles. The van der Waals surface area contributed by atoms with Crippen LogP contribution in [0.15, 0.2) is 83.8 Å². The molecule has 7 nitrogen and oxygen atoms in total. The third kappa shape index (κ3) is 5.35. The minimum absolute atomic E-state index is 0.0927. The van der Waals surface area contributed by atoms with Gasteiger partial charge in [-0.25, -0.2) is 8.42 Å². The van der Waals surface area contributed by atoms with E-state index in [-0.39, 0.29) is 35.6 Å². The number of benzene rings is 3. The number of carbonyl (C=O) groups is 2. The molecule has 1 aliphatic rings. The zero-order valence-corrected chi connectivity index (χ0v) is 19.6. The standard InChI is InChI=1S/C26H26N2O5S/c1-19(29)21-8-7-11-23(18-21)34(31,32)28-16-14-20(15-17-28)26(30)27-24-12-5-6-13-25(24)33-22-9-3-2-4-10-22/h2-13,18,20H,14-17H2,1H3,(H,27,30). The molecule has 1 aliphatic heterocycles. The first-order chi connectivity index (χ1) is 16.3. The third-order valence-electron chi connectivity index (χ3n) is 5.82. The number of amides is 1. The van der Waals surface area contributed by atoms with Gasteiger partial charge in [-0.2, -0.15) is 4.31 Å². The second-order valence-electron chi connectivity index (χ2n) is 8.16. The van der Waals surface area contributed by atoms with Crippen LogP contribution >= 0.6 is 0 Å². The summed E-state index contributed by atoms with van der Waals surface area (Å²) in [4.78, 5) is 24.7. The molecule has 4 rings (SSSR count). The SMILES string of the molecule is CC(=O)c1cccc(S(=O)(=O)N2CCC(C(=O)Nc3ccccc3Oc3ccccc3)CC2)c1. The van der Waals surface area contributed by atoms with E-state index in [1.165, 1.54) is 23.4 Å². The first-order valence-corrected chi connectivity index (χ1v) is 12.5. The Balaban J connectivity index is 1.40. The molecule has 1 amide bonds. The van der Waals surface area contributed by atoms with Crippen LogP contribution in [0, 0.1) is 5.92 Å². The number of carbonyl (C=O) groups excluding carboxylic acids is 2. The van der Waals surface area contributed by atoms with Crippen molar-refractivity contribution < 1.29 is 22.7 Å². The molecule has 8 heteroatoms. The van der Waals surface area contributed by atoms with E-state index in [4.69, 9.17) is 4.74 Å². The van der Waals surface area contributed by atoms with Crippen molar-refractivity contribution in [1.29, 1.82) is 0 Å². The Morgan fingerprint density at radius 3 is 2.29 bits per heavy atom. The third-order valence-corrected chi connectivity index (χ3v) is 7.71. The lowest BCUT2D eigenvalue weighted by atomic mass is 9.97. The summed E-state index contributed by atoms with van der Waals surface area (Å²) < 4.78 is 33.4. The van der Waals surface area contributed by atoms with Gasteiger partial charge in [-0.15, -0.1) is 0 Å². The van der Waals surface area contributed by atoms with Gasteiger partial charge in [0.25, 0.3) is 0 Å². The van der Waals surface area contributed by atoms with Crippen molar-refractivity contribution in [2.75, 3.05) is 18.4 Å². The van der Waals surface area contributed by atoms with Gasteiger partial charge in [-0.1, -0.05) is 42.5 Å². The van der Waals surface area contributed by atoms with E-state index < -0.39 is 10.0 Å². The second-order valence-corrected chi connectivity index (χ2v) is 10.1. The summed E-state index contributed by atoms with van der Waals surface area (Å²) in [6.07, 6.45) is 0.804. The Morgan fingerprint density at radius 2 is 1.59 bits per heavy atom. The lowest BCUT2D eigenvalue weighted by Crippen LogP contribution is -2.41. The highest BCUT2D eigenvalue weighted by atomic mass is 32.2. The van der Waals surface area contributed by atoms with Gasteiger partial charge in [-0.05, 0) is 56.2 Å². The van der Waals surface area contributed by atoms with Gasteiger partial charge in [0, 0.05) is 24.6 Å². The highest BCUT2D eigenvalue weighted by Gasteiger charge is 2.32. The number of para-hydroxylation sites is 3. The van der Waals surface area contributed by atoms with Gasteiger partial charge in [-0.3, -0.25) is 9.59 Å². The van der Waals surface area contributed by atoms with Crippen LogP contribution in [0.1, 0.15) is 30.1 Å². The van der Waals surface area contributed by atoms with Crippen molar-refractivity contribution in [3.63, 3.8) is 0 Å². The van der Waals surface area contributed by atoms with Crippen LogP contribution < -0.4 is 10.1 Å². The summed E-state index contributed by atoms with van der Waals surface area (Å²) in [7, 11) is -3.74. The van der Waals surface area contributed by atoms with E-state index in [9.17, 15) is 18.0 Å². The average molecular weight is 479 g/mol. The van der Waals surface area contributed by atoms with Gasteiger partial charge in [0.1, 0.15) is 5.75 Å². The van der Waals surface area contributed by atoms with Gasteiger partial charge in [0.2, 0.25) is 15.9 Å². The first-order valence-electron chi connectivity index (χ1n) is 11.1. The molecule has 1 heterocycles. The summed E-state index contributed by atoms with van der Waals surface area (Å²) in [6, 6.07) is 22.6. The minimum Gasteiger partial charge on any atom is -0.455 e. The van der Waals surface area contributed by atoms with Crippen LogP contribution in [0.2, 0.25) is 0 Å². The van der Waals surface area contributed by atoms with E-state index in [1.54, 1.807) is 24.3 Å². The number of rotatable bonds is 7. The zero-order chi connectivity index (χ0) is 24.1. The highest BCUT2D eigenvalue weighted by molar-refractivity contribution is 7.89. The van der Waals surface area contributed by atoms with E-state index in [0.717, 1.165) is 0 Å². The van der Waals surface area contributed by atoms with Crippen LogP contribution in [-0.2, 0) is 14.8 Å². The Kier molecular flexibility index (Phi) is 7.09.